The summed E-state index contributed by atoms with van der Waals surface area (Å²) in [4.78, 5) is 18.2. The van der Waals surface area contributed by atoms with Crippen LogP contribution in [0, 0.1) is 0 Å². The maximum Gasteiger partial charge on any atom is 0.262 e. The molecular formula is C25H24N2O4S. The van der Waals surface area contributed by atoms with Gasteiger partial charge in [-0.1, -0.05) is 36.0 Å². The quantitative estimate of drug-likeness (QED) is 0.286. The first kappa shape index (κ1) is 21.8. The highest BCUT2D eigenvalue weighted by molar-refractivity contribution is 7.98. The molecule has 4 aromatic rings. The number of nitrogens with zero attached hydrogens (tertiary/aromatic N) is 2. The van der Waals surface area contributed by atoms with Crippen LogP contribution in [0.2, 0.25) is 0 Å². The van der Waals surface area contributed by atoms with Gasteiger partial charge in [0.1, 0.15) is 17.2 Å². The van der Waals surface area contributed by atoms with Crippen LogP contribution in [-0.2, 0) is 12.3 Å². The maximum atomic E-state index is 13.4. The van der Waals surface area contributed by atoms with Crippen molar-refractivity contribution in [3.8, 4) is 17.2 Å². The molecule has 0 spiro atoms. The normalized spacial score (nSPS) is 10.8. The Morgan fingerprint density at radius 1 is 0.875 bits per heavy atom. The topological polar surface area (TPSA) is 62.6 Å². The SMILES string of the molecule is COc1ccc(Cn2c(SCc3cc(OC)ccc3OC)nc3ccccc3c2=O)cc1. The zero-order chi connectivity index (χ0) is 22.5. The smallest absolute Gasteiger partial charge is 0.262 e. The van der Waals surface area contributed by atoms with Gasteiger partial charge >= 0.3 is 0 Å². The van der Waals surface area contributed by atoms with E-state index in [1.165, 1.54) is 11.8 Å². The molecule has 0 aliphatic rings. The molecule has 3 aromatic carbocycles. The van der Waals surface area contributed by atoms with Gasteiger partial charge in [0.2, 0.25) is 0 Å². The van der Waals surface area contributed by atoms with Crippen molar-refractivity contribution in [2.45, 2.75) is 17.5 Å². The molecule has 0 amide bonds. The molecular weight excluding hydrogens is 424 g/mol. The molecule has 0 aliphatic heterocycles. The lowest BCUT2D eigenvalue weighted by Crippen LogP contribution is -2.24. The summed E-state index contributed by atoms with van der Waals surface area (Å²) in [5.74, 6) is 2.87. The second kappa shape index (κ2) is 9.78. The van der Waals surface area contributed by atoms with E-state index in [1.807, 2.05) is 66.7 Å². The number of fused-ring (bicyclic) bond motifs is 1. The predicted octanol–water partition coefficient (Wildman–Crippen LogP) is 4.76. The fourth-order valence-electron chi connectivity index (χ4n) is 3.45. The van der Waals surface area contributed by atoms with Crippen molar-refractivity contribution in [1.29, 1.82) is 0 Å². The molecule has 7 heteroatoms. The van der Waals surface area contributed by atoms with E-state index in [1.54, 1.807) is 25.9 Å². The summed E-state index contributed by atoms with van der Waals surface area (Å²) in [6.45, 7) is 0.415. The van der Waals surface area contributed by atoms with Crippen LogP contribution in [0.25, 0.3) is 10.9 Å². The van der Waals surface area contributed by atoms with Gasteiger partial charge in [-0.2, -0.15) is 0 Å². The molecule has 0 N–H and O–H groups in total. The van der Waals surface area contributed by atoms with Crippen LogP contribution < -0.4 is 19.8 Å². The van der Waals surface area contributed by atoms with Crippen molar-refractivity contribution < 1.29 is 14.2 Å². The standard InChI is InChI=1S/C25H24N2O4S/c1-29-19-10-8-17(9-11-19)15-27-24(28)21-6-4-5-7-22(21)26-25(27)32-16-18-14-20(30-2)12-13-23(18)31-3/h4-14H,15-16H2,1-3H3. The van der Waals surface area contributed by atoms with Crippen molar-refractivity contribution in [3.05, 3.63) is 88.2 Å². The Labute approximate surface area is 190 Å². The van der Waals surface area contributed by atoms with Crippen LogP contribution in [0.4, 0.5) is 0 Å². The van der Waals surface area contributed by atoms with E-state index < -0.39 is 0 Å². The molecule has 0 saturated carbocycles. The molecule has 0 atom stereocenters. The first-order chi connectivity index (χ1) is 15.6. The van der Waals surface area contributed by atoms with Gasteiger partial charge in [0.25, 0.3) is 5.56 Å². The van der Waals surface area contributed by atoms with Gasteiger partial charge in [0.15, 0.2) is 5.16 Å². The summed E-state index contributed by atoms with van der Waals surface area (Å²) in [5, 5.41) is 1.25. The number of thioether (sulfide) groups is 1. The summed E-state index contributed by atoms with van der Waals surface area (Å²) < 4.78 is 17.8. The molecule has 0 aliphatic carbocycles. The van der Waals surface area contributed by atoms with E-state index in [0.717, 1.165) is 28.4 Å². The summed E-state index contributed by atoms with van der Waals surface area (Å²) in [7, 11) is 4.91. The van der Waals surface area contributed by atoms with Gasteiger partial charge in [0.05, 0.1) is 38.8 Å². The number of ether oxygens (including phenoxy) is 3. The van der Waals surface area contributed by atoms with E-state index in [4.69, 9.17) is 19.2 Å². The number of para-hydroxylation sites is 1. The Bertz CT molecular complexity index is 1290. The molecule has 0 bridgehead atoms. The maximum absolute atomic E-state index is 13.4. The minimum absolute atomic E-state index is 0.0634. The summed E-state index contributed by atoms with van der Waals surface area (Å²) in [5.41, 5.74) is 2.58. The Balaban J connectivity index is 1.72. The number of hydrogen-bond acceptors (Lipinski definition) is 6. The Hall–Kier alpha value is -3.45. The lowest BCUT2D eigenvalue weighted by molar-refractivity contribution is 0.400. The lowest BCUT2D eigenvalue weighted by Gasteiger charge is -2.15. The number of rotatable bonds is 8. The largest absolute Gasteiger partial charge is 0.497 e. The third-order valence-corrected chi connectivity index (χ3v) is 6.20. The number of aromatic nitrogens is 2. The average Bonchev–Trinajstić information content (AvgIpc) is 2.85. The van der Waals surface area contributed by atoms with Crippen LogP contribution in [0.1, 0.15) is 11.1 Å². The minimum atomic E-state index is -0.0634. The number of benzene rings is 3. The molecule has 0 unspecified atom stereocenters. The molecule has 1 aromatic heterocycles. The van der Waals surface area contributed by atoms with Crippen molar-refractivity contribution in [1.82, 2.24) is 9.55 Å². The van der Waals surface area contributed by atoms with Crippen molar-refractivity contribution in [2.24, 2.45) is 0 Å². The molecule has 4 rings (SSSR count). The molecule has 164 valence electrons. The van der Waals surface area contributed by atoms with E-state index in [2.05, 4.69) is 0 Å². The highest BCUT2D eigenvalue weighted by atomic mass is 32.2. The number of methoxy groups -OCH3 is 3. The van der Waals surface area contributed by atoms with Crippen LogP contribution in [0.5, 0.6) is 17.2 Å². The van der Waals surface area contributed by atoms with Crippen LogP contribution in [0.3, 0.4) is 0 Å². The van der Waals surface area contributed by atoms with E-state index >= 15 is 0 Å². The monoisotopic (exact) mass is 448 g/mol. The van der Waals surface area contributed by atoms with Gasteiger partial charge in [-0.25, -0.2) is 4.98 Å². The van der Waals surface area contributed by atoms with E-state index in [0.29, 0.717) is 28.4 Å². The van der Waals surface area contributed by atoms with Gasteiger partial charge in [-0.3, -0.25) is 9.36 Å². The van der Waals surface area contributed by atoms with Crippen LogP contribution >= 0.6 is 11.8 Å². The zero-order valence-electron chi connectivity index (χ0n) is 18.2. The fourth-order valence-corrected chi connectivity index (χ4v) is 4.42. The first-order valence-electron chi connectivity index (χ1n) is 10.1. The fraction of sp³-hybridized carbons (Fsp3) is 0.200. The highest BCUT2D eigenvalue weighted by Gasteiger charge is 2.14. The summed E-state index contributed by atoms with van der Waals surface area (Å²) in [6.07, 6.45) is 0. The van der Waals surface area contributed by atoms with Gasteiger partial charge < -0.3 is 14.2 Å². The van der Waals surface area contributed by atoms with Crippen molar-refractivity contribution in [3.63, 3.8) is 0 Å². The Kier molecular flexibility index (Phi) is 6.66. The summed E-state index contributed by atoms with van der Waals surface area (Å²) >= 11 is 1.50. The summed E-state index contributed by atoms with van der Waals surface area (Å²) in [6, 6.07) is 20.8. The molecule has 0 fully saturated rings. The third-order valence-electron chi connectivity index (χ3n) is 5.17. The van der Waals surface area contributed by atoms with Crippen LogP contribution in [0.15, 0.2) is 76.7 Å². The second-order valence-electron chi connectivity index (χ2n) is 7.12. The third kappa shape index (κ3) is 4.57. The molecule has 6 nitrogen and oxygen atoms in total. The highest BCUT2D eigenvalue weighted by Crippen LogP contribution is 2.30. The molecule has 1 heterocycles. The van der Waals surface area contributed by atoms with Crippen LogP contribution in [-0.4, -0.2) is 30.9 Å². The average molecular weight is 449 g/mol. The molecule has 0 radical (unpaired) electrons. The lowest BCUT2D eigenvalue weighted by atomic mass is 10.2. The molecule has 32 heavy (non-hydrogen) atoms. The Morgan fingerprint density at radius 3 is 2.31 bits per heavy atom. The Morgan fingerprint density at radius 2 is 1.59 bits per heavy atom. The number of hydrogen-bond donors (Lipinski definition) is 0. The zero-order valence-corrected chi connectivity index (χ0v) is 19.0. The van der Waals surface area contributed by atoms with E-state index in [9.17, 15) is 4.79 Å². The molecule has 0 saturated heterocycles. The van der Waals surface area contributed by atoms with Crippen molar-refractivity contribution >= 4 is 22.7 Å². The van der Waals surface area contributed by atoms with E-state index in [-0.39, 0.29) is 5.56 Å². The minimum Gasteiger partial charge on any atom is -0.497 e. The van der Waals surface area contributed by atoms with Gasteiger partial charge in [0, 0.05) is 11.3 Å². The van der Waals surface area contributed by atoms with Crippen molar-refractivity contribution in [2.75, 3.05) is 21.3 Å². The van der Waals surface area contributed by atoms with Gasteiger partial charge in [-0.05, 0) is 48.0 Å². The second-order valence-corrected chi connectivity index (χ2v) is 8.06. The predicted molar refractivity (Wildman–Crippen MR) is 127 cm³/mol. The van der Waals surface area contributed by atoms with Gasteiger partial charge in [-0.15, -0.1) is 0 Å². The first-order valence-corrected chi connectivity index (χ1v) is 11.1.